The van der Waals surface area contributed by atoms with Crippen LogP contribution >= 0.6 is 11.8 Å². The fourth-order valence-corrected chi connectivity index (χ4v) is 3.26. The molecule has 19 heavy (non-hydrogen) atoms. The molecule has 0 atom stereocenters. The first-order valence-corrected chi connectivity index (χ1v) is 7.23. The van der Waals surface area contributed by atoms with Crippen LogP contribution in [0.3, 0.4) is 0 Å². The molecule has 100 valence electrons. The summed E-state index contributed by atoms with van der Waals surface area (Å²) in [4.78, 5) is 4.35. The molecular weight excluding hydrogens is 260 g/mol. The Labute approximate surface area is 115 Å². The van der Waals surface area contributed by atoms with Crippen LogP contribution in [0.4, 0.5) is 5.69 Å². The second-order valence-corrected chi connectivity index (χ2v) is 5.79. The summed E-state index contributed by atoms with van der Waals surface area (Å²) in [6.45, 7) is 2.00. The van der Waals surface area contributed by atoms with Crippen LogP contribution < -0.4 is 5.73 Å². The number of tetrazole rings is 1. The molecule has 1 saturated carbocycles. The second kappa shape index (κ2) is 5.16. The fraction of sp³-hybridized carbons (Fsp3) is 0.500. The highest BCUT2D eigenvalue weighted by Crippen LogP contribution is 2.34. The van der Waals surface area contributed by atoms with E-state index in [2.05, 4.69) is 20.5 Å². The molecule has 6 nitrogen and oxygen atoms in total. The molecule has 2 N–H and O–H groups in total. The Balaban J connectivity index is 1.85. The summed E-state index contributed by atoms with van der Waals surface area (Å²) >= 11 is 1.50. The van der Waals surface area contributed by atoms with Crippen LogP contribution in [0.1, 0.15) is 37.3 Å². The maximum atomic E-state index is 5.71. The molecule has 0 bridgehead atoms. The lowest BCUT2D eigenvalue weighted by Gasteiger charge is -2.11. The first-order valence-electron chi connectivity index (χ1n) is 6.42. The Bertz CT molecular complexity index is 575. The number of rotatable bonds is 3. The molecule has 0 spiro atoms. The summed E-state index contributed by atoms with van der Waals surface area (Å²) in [5.41, 5.74) is 7.44. The number of hydrogen-bond donors (Lipinski definition) is 1. The fourth-order valence-electron chi connectivity index (χ4n) is 2.41. The van der Waals surface area contributed by atoms with Gasteiger partial charge in [0, 0.05) is 0 Å². The van der Waals surface area contributed by atoms with Crippen molar-refractivity contribution < 1.29 is 0 Å². The zero-order chi connectivity index (χ0) is 13.2. The van der Waals surface area contributed by atoms with Crippen molar-refractivity contribution in [3.05, 3.63) is 17.8 Å². The highest BCUT2D eigenvalue weighted by molar-refractivity contribution is 7.99. The smallest absolute Gasteiger partial charge is 0.215 e. The molecule has 0 aliphatic heterocycles. The van der Waals surface area contributed by atoms with Gasteiger partial charge >= 0.3 is 0 Å². The van der Waals surface area contributed by atoms with Crippen LogP contribution in [0.25, 0.3) is 0 Å². The van der Waals surface area contributed by atoms with Crippen molar-refractivity contribution in [1.82, 2.24) is 25.2 Å². The molecular formula is C12H16N6S. The Hall–Kier alpha value is -1.63. The van der Waals surface area contributed by atoms with Gasteiger partial charge in [0.05, 0.1) is 17.9 Å². The summed E-state index contributed by atoms with van der Waals surface area (Å²) in [6, 6.07) is 2.35. The molecule has 0 aromatic carbocycles. The molecule has 0 unspecified atom stereocenters. The van der Waals surface area contributed by atoms with Gasteiger partial charge in [-0.1, -0.05) is 12.8 Å². The monoisotopic (exact) mass is 276 g/mol. The van der Waals surface area contributed by atoms with Gasteiger partial charge in [0.15, 0.2) is 0 Å². The number of anilines is 1. The van der Waals surface area contributed by atoms with Gasteiger partial charge in [-0.25, -0.2) is 9.67 Å². The van der Waals surface area contributed by atoms with Crippen LogP contribution in [0, 0.1) is 6.92 Å². The van der Waals surface area contributed by atoms with Gasteiger partial charge in [0.2, 0.25) is 5.16 Å². The van der Waals surface area contributed by atoms with Crippen LogP contribution in [-0.4, -0.2) is 25.2 Å². The third-order valence-corrected chi connectivity index (χ3v) is 4.44. The topological polar surface area (TPSA) is 82.5 Å². The molecule has 0 saturated heterocycles. The third-order valence-electron chi connectivity index (χ3n) is 3.37. The van der Waals surface area contributed by atoms with Crippen molar-refractivity contribution in [3.63, 3.8) is 0 Å². The molecule has 1 fully saturated rings. The molecule has 2 heterocycles. The highest BCUT2D eigenvalue weighted by Gasteiger charge is 2.22. The first kappa shape index (κ1) is 12.4. The molecule has 1 aliphatic rings. The van der Waals surface area contributed by atoms with Gasteiger partial charge < -0.3 is 5.73 Å². The van der Waals surface area contributed by atoms with Gasteiger partial charge in [0.25, 0.3) is 0 Å². The van der Waals surface area contributed by atoms with E-state index in [9.17, 15) is 0 Å². The lowest BCUT2D eigenvalue weighted by Crippen LogP contribution is -2.08. The van der Waals surface area contributed by atoms with Gasteiger partial charge in [-0.05, 0) is 53.6 Å². The largest absolute Gasteiger partial charge is 0.397 e. The SMILES string of the molecule is Cc1cc(N)cnc1Sc1nnnn1C1CCCC1. The van der Waals surface area contributed by atoms with Gasteiger partial charge in [-0.3, -0.25) is 0 Å². The van der Waals surface area contributed by atoms with E-state index in [1.54, 1.807) is 6.20 Å². The standard InChI is InChI=1S/C12H16N6S/c1-8-6-9(13)7-14-11(8)19-12-15-16-17-18(12)10-4-2-3-5-10/h6-7,10H,2-5,13H2,1H3. The molecule has 7 heteroatoms. The van der Waals surface area contributed by atoms with Crippen molar-refractivity contribution in [1.29, 1.82) is 0 Å². The zero-order valence-corrected chi connectivity index (χ0v) is 11.6. The average Bonchev–Trinajstić information content (AvgIpc) is 3.03. The number of pyridine rings is 1. The number of nitrogen functional groups attached to an aromatic ring is 1. The van der Waals surface area contributed by atoms with Crippen molar-refractivity contribution in [2.24, 2.45) is 0 Å². The summed E-state index contributed by atoms with van der Waals surface area (Å²) in [5.74, 6) is 0. The normalized spacial score (nSPS) is 16.1. The van der Waals surface area contributed by atoms with Crippen molar-refractivity contribution in [2.75, 3.05) is 5.73 Å². The van der Waals surface area contributed by atoms with E-state index in [1.807, 2.05) is 17.7 Å². The number of aromatic nitrogens is 5. The van der Waals surface area contributed by atoms with Gasteiger partial charge in [-0.15, -0.1) is 5.10 Å². The van der Waals surface area contributed by atoms with Crippen LogP contribution in [0.2, 0.25) is 0 Å². The zero-order valence-electron chi connectivity index (χ0n) is 10.8. The number of nitrogens with two attached hydrogens (primary N) is 1. The van der Waals surface area contributed by atoms with Crippen LogP contribution in [-0.2, 0) is 0 Å². The van der Waals surface area contributed by atoms with Crippen molar-refractivity contribution in [2.45, 2.75) is 48.8 Å². The van der Waals surface area contributed by atoms with Crippen molar-refractivity contribution >= 4 is 17.4 Å². The Morgan fingerprint density at radius 3 is 2.89 bits per heavy atom. The maximum absolute atomic E-state index is 5.71. The van der Waals surface area contributed by atoms with E-state index in [1.165, 1.54) is 24.6 Å². The maximum Gasteiger partial charge on any atom is 0.215 e. The molecule has 0 amide bonds. The number of nitrogens with zero attached hydrogens (tertiary/aromatic N) is 5. The molecule has 2 aromatic heterocycles. The van der Waals surface area contributed by atoms with E-state index in [-0.39, 0.29) is 0 Å². The predicted molar refractivity (Wildman–Crippen MR) is 72.8 cm³/mol. The summed E-state index contributed by atoms with van der Waals surface area (Å²) in [7, 11) is 0. The molecule has 0 radical (unpaired) electrons. The average molecular weight is 276 g/mol. The highest BCUT2D eigenvalue weighted by atomic mass is 32.2. The Morgan fingerprint density at radius 2 is 2.16 bits per heavy atom. The lowest BCUT2D eigenvalue weighted by molar-refractivity contribution is 0.423. The van der Waals surface area contributed by atoms with Crippen LogP contribution in [0.5, 0.6) is 0 Å². The predicted octanol–water partition coefficient (Wildman–Crippen LogP) is 2.23. The van der Waals surface area contributed by atoms with E-state index in [0.29, 0.717) is 11.7 Å². The number of hydrogen-bond acceptors (Lipinski definition) is 6. The lowest BCUT2D eigenvalue weighted by atomic mass is 10.3. The minimum absolute atomic E-state index is 0.437. The molecule has 3 rings (SSSR count). The Kier molecular flexibility index (Phi) is 3.37. The first-order chi connectivity index (χ1) is 9.24. The summed E-state index contributed by atoms with van der Waals surface area (Å²) in [5, 5.41) is 13.8. The van der Waals surface area contributed by atoms with Gasteiger partial charge in [0.1, 0.15) is 5.03 Å². The van der Waals surface area contributed by atoms with Crippen LogP contribution in [0.15, 0.2) is 22.4 Å². The number of aryl methyl sites for hydroxylation is 1. The third kappa shape index (κ3) is 2.56. The quantitative estimate of drug-likeness (QED) is 0.925. The Morgan fingerprint density at radius 1 is 1.37 bits per heavy atom. The van der Waals surface area contributed by atoms with E-state index >= 15 is 0 Å². The minimum Gasteiger partial charge on any atom is -0.397 e. The molecule has 1 aliphatic carbocycles. The van der Waals surface area contributed by atoms with E-state index < -0.39 is 0 Å². The summed E-state index contributed by atoms with van der Waals surface area (Å²) in [6.07, 6.45) is 6.50. The van der Waals surface area contributed by atoms with E-state index in [4.69, 9.17) is 5.73 Å². The van der Waals surface area contributed by atoms with Gasteiger partial charge in [-0.2, -0.15) is 0 Å². The second-order valence-electron chi connectivity index (χ2n) is 4.84. The molecule has 2 aromatic rings. The minimum atomic E-state index is 0.437. The summed E-state index contributed by atoms with van der Waals surface area (Å²) < 4.78 is 1.94. The van der Waals surface area contributed by atoms with E-state index in [0.717, 1.165) is 28.6 Å². The van der Waals surface area contributed by atoms with Crippen molar-refractivity contribution in [3.8, 4) is 0 Å².